The molecule has 0 spiro atoms. The maximum absolute atomic E-state index is 12.4. The van der Waals surface area contributed by atoms with Crippen molar-refractivity contribution < 1.29 is 4.79 Å². The van der Waals surface area contributed by atoms with Crippen LogP contribution in [0, 0.1) is 0 Å². The van der Waals surface area contributed by atoms with Gasteiger partial charge in [0.05, 0.1) is 5.25 Å². The lowest BCUT2D eigenvalue weighted by molar-refractivity contribution is -0.130. The van der Waals surface area contributed by atoms with E-state index in [1.807, 2.05) is 13.0 Å². The van der Waals surface area contributed by atoms with Gasteiger partial charge in [0, 0.05) is 18.8 Å². The molecule has 1 heterocycles. The van der Waals surface area contributed by atoms with Crippen molar-refractivity contribution in [1.82, 2.24) is 4.90 Å². The van der Waals surface area contributed by atoms with Crippen LogP contribution in [0.15, 0.2) is 30.3 Å². The quantitative estimate of drug-likeness (QED) is 0.836. The molecule has 0 aliphatic carbocycles. The first-order valence-corrected chi connectivity index (χ1v) is 8.26. The summed E-state index contributed by atoms with van der Waals surface area (Å²) in [5.74, 6) is 1.24. The molecule has 1 aliphatic heterocycles. The molecule has 1 amide bonds. The van der Waals surface area contributed by atoms with Gasteiger partial charge in [-0.15, -0.1) is 11.8 Å². The molecule has 1 saturated heterocycles. The van der Waals surface area contributed by atoms with E-state index in [9.17, 15) is 4.79 Å². The van der Waals surface area contributed by atoms with Crippen LogP contribution < -0.4 is 0 Å². The van der Waals surface area contributed by atoms with E-state index in [1.165, 1.54) is 31.2 Å². The standard InChI is InChI=1S/C16H23NOS/c1-14(19-13-15-9-5-4-6-10-15)16(18)17-11-7-2-3-8-12-17/h4-6,9-10,14H,2-3,7-8,11-13H2,1H3/t14-/m1/s1. The van der Waals surface area contributed by atoms with Crippen LogP contribution in [0.2, 0.25) is 0 Å². The van der Waals surface area contributed by atoms with Gasteiger partial charge in [-0.05, 0) is 25.3 Å². The number of thioether (sulfide) groups is 1. The van der Waals surface area contributed by atoms with Crippen molar-refractivity contribution in [1.29, 1.82) is 0 Å². The van der Waals surface area contributed by atoms with Gasteiger partial charge < -0.3 is 4.90 Å². The number of nitrogens with zero attached hydrogens (tertiary/aromatic N) is 1. The monoisotopic (exact) mass is 277 g/mol. The summed E-state index contributed by atoms with van der Waals surface area (Å²) in [6.45, 7) is 3.95. The molecule has 0 unspecified atom stereocenters. The van der Waals surface area contributed by atoms with Gasteiger partial charge in [0.2, 0.25) is 5.91 Å². The molecule has 104 valence electrons. The van der Waals surface area contributed by atoms with Crippen LogP contribution in [-0.4, -0.2) is 29.1 Å². The normalized spacial score (nSPS) is 17.8. The first-order valence-electron chi connectivity index (χ1n) is 7.21. The number of rotatable bonds is 4. The van der Waals surface area contributed by atoms with Gasteiger partial charge in [-0.25, -0.2) is 0 Å². The van der Waals surface area contributed by atoms with Crippen molar-refractivity contribution >= 4 is 17.7 Å². The highest BCUT2D eigenvalue weighted by molar-refractivity contribution is 7.99. The Morgan fingerprint density at radius 2 is 1.79 bits per heavy atom. The second-order valence-electron chi connectivity index (χ2n) is 5.18. The van der Waals surface area contributed by atoms with E-state index in [0.29, 0.717) is 5.91 Å². The highest BCUT2D eigenvalue weighted by atomic mass is 32.2. The van der Waals surface area contributed by atoms with Crippen LogP contribution in [0.25, 0.3) is 0 Å². The molecule has 3 heteroatoms. The highest BCUT2D eigenvalue weighted by Crippen LogP contribution is 2.20. The molecule has 0 N–H and O–H groups in total. The molecule has 1 atom stereocenters. The summed E-state index contributed by atoms with van der Waals surface area (Å²) >= 11 is 1.75. The van der Waals surface area contributed by atoms with E-state index in [1.54, 1.807) is 11.8 Å². The summed E-state index contributed by atoms with van der Waals surface area (Å²) in [5, 5.41) is 0.0679. The lowest BCUT2D eigenvalue weighted by atomic mass is 10.2. The van der Waals surface area contributed by atoms with E-state index in [-0.39, 0.29) is 5.25 Å². The maximum atomic E-state index is 12.4. The maximum Gasteiger partial charge on any atom is 0.235 e. The molecular weight excluding hydrogens is 254 g/mol. The average Bonchev–Trinajstić information content (AvgIpc) is 2.74. The molecular formula is C16H23NOS. The molecule has 1 aromatic rings. The molecule has 19 heavy (non-hydrogen) atoms. The minimum Gasteiger partial charge on any atom is -0.342 e. The predicted molar refractivity (Wildman–Crippen MR) is 82.2 cm³/mol. The topological polar surface area (TPSA) is 20.3 Å². The number of carbonyl (C=O) groups excluding carboxylic acids is 1. The van der Waals surface area contributed by atoms with E-state index in [2.05, 4.69) is 29.2 Å². The summed E-state index contributed by atoms with van der Waals surface area (Å²) in [5.41, 5.74) is 1.29. The van der Waals surface area contributed by atoms with Crippen LogP contribution >= 0.6 is 11.8 Å². The molecule has 1 fully saturated rings. The Kier molecular flexibility index (Phi) is 5.77. The van der Waals surface area contributed by atoms with Gasteiger partial charge in [-0.2, -0.15) is 0 Å². The molecule has 0 aromatic heterocycles. The minimum absolute atomic E-state index is 0.0679. The molecule has 0 radical (unpaired) electrons. The van der Waals surface area contributed by atoms with Crippen molar-refractivity contribution in [2.45, 2.75) is 43.6 Å². The Hall–Kier alpha value is -0.960. The second kappa shape index (κ2) is 7.59. The minimum atomic E-state index is 0.0679. The fourth-order valence-electron chi connectivity index (χ4n) is 2.41. The highest BCUT2D eigenvalue weighted by Gasteiger charge is 2.21. The van der Waals surface area contributed by atoms with Crippen molar-refractivity contribution in [3.05, 3.63) is 35.9 Å². The van der Waals surface area contributed by atoms with Crippen molar-refractivity contribution in [2.75, 3.05) is 13.1 Å². The van der Waals surface area contributed by atoms with Crippen LogP contribution in [0.1, 0.15) is 38.2 Å². The predicted octanol–water partition coefficient (Wildman–Crippen LogP) is 3.71. The zero-order chi connectivity index (χ0) is 13.5. The van der Waals surface area contributed by atoms with Gasteiger partial charge >= 0.3 is 0 Å². The van der Waals surface area contributed by atoms with Crippen molar-refractivity contribution in [2.24, 2.45) is 0 Å². The van der Waals surface area contributed by atoms with Crippen LogP contribution in [0.5, 0.6) is 0 Å². The molecule has 2 rings (SSSR count). The Morgan fingerprint density at radius 1 is 1.16 bits per heavy atom. The van der Waals surface area contributed by atoms with Gasteiger partial charge in [-0.1, -0.05) is 43.2 Å². The van der Waals surface area contributed by atoms with E-state index in [0.717, 1.165) is 18.8 Å². The average molecular weight is 277 g/mol. The molecule has 1 aromatic carbocycles. The van der Waals surface area contributed by atoms with Crippen molar-refractivity contribution in [3.8, 4) is 0 Å². The number of benzene rings is 1. The summed E-state index contributed by atoms with van der Waals surface area (Å²) in [6.07, 6.45) is 4.88. The van der Waals surface area contributed by atoms with E-state index < -0.39 is 0 Å². The van der Waals surface area contributed by atoms with Crippen molar-refractivity contribution in [3.63, 3.8) is 0 Å². The summed E-state index contributed by atoms with van der Waals surface area (Å²) in [7, 11) is 0. The first kappa shape index (κ1) is 14.4. The number of hydrogen-bond acceptors (Lipinski definition) is 2. The Morgan fingerprint density at radius 3 is 2.42 bits per heavy atom. The van der Waals surface area contributed by atoms with Crippen LogP contribution in [0.4, 0.5) is 0 Å². The van der Waals surface area contributed by atoms with Crippen LogP contribution in [-0.2, 0) is 10.5 Å². The third kappa shape index (κ3) is 4.57. The zero-order valence-electron chi connectivity index (χ0n) is 11.7. The van der Waals surface area contributed by atoms with Crippen LogP contribution in [0.3, 0.4) is 0 Å². The number of likely N-dealkylation sites (tertiary alicyclic amines) is 1. The number of amides is 1. The summed E-state index contributed by atoms with van der Waals surface area (Å²) in [4.78, 5) is 14.4. The fourth-order valence-corrected chi connectivity index (χ4v) is 3.34. The fraction of sp³-hybridized carbons (Fsp3) is 0.562. The van der Waals surface area contributed by atoms with Gasteiger partial charge in [0.15, 0.2) is 0 Å². The summed E-state index contributed by atoms with van der Waals surface area (Å²) < 4.78 is 0. The zero-order valence-corrected chi connectivity index (χ0v) is 12.5. The van der Waals surface area contributed by atoms with Gasteiger partial charge in [0.1, 0.15) is 0 Å². The lowest BCUT2D eigenvalue weighted by Crippen LogP contribution is -2.37. The molecule has 2 nitrogen and oxygen atoms in total. The smallest absolute Gasteiger partial charge is 0.235 e. The molecule has 0 bridgehead atoms. The third-order valence-electron chi connectivity index (χ3n) is 3.61. The van der Waals surface area contributed by atoms with Gasteiger partial charge in [0.25, 0.3) is 0 Å². The number of carbonyl (C=O) groups is 1. The van der Waals surface area contributed by atoms with E-state index >= 15 is 0 Å². The Bertz CT molecular complexity index is 385. The SMILES string of the molecule is C[C@@H](SCc1ccccc1)C(=O)N1CCCCCC1. The third-order valence-corrected chi connectivity index (χ3v) is 4.81. The first-order chi connectivity index (χ1) is 9.27. The Labute approximate surface area is 120 Å². The Balaban J connectivity index is 1.81. The summed E-state index contributed by atoms with van der Waals surface area (Å²) in [6, 6.07) is 10.4. The molecule has 0 saturated carbocycles. The van der Waals surface area contributed by atoms with Gasteiger partial charge in [-0.3, -0.25) is 4.79 Å². The largest absolute Gasteiger partial charge is 0.342 e. The van der Waals surface area contributed by atoms with E-state index in [4.69, 9.17) is 0 Å². The lowest BCUT2D eigenvalue weighted by Gasteiger charge is -2.23. The number of hydrogen-bond donors (Lipinski definition) is 0. The second-order valence-corrected chi connectivity index (χ2v) is 6.51. The molecule has 1 aliphatic rings.